The predicted octanol–water partition coefficient (Wildman–Crippen LogP) is 4.10. The van der Waals surface area contributed by atoms with Crippen molar-refractivity contribution in [1.29, 1.82) is 0 Å². The predicted molar refractivity (Wildman–Crippen MR) is 69.6 cm³/mol. The number of aliphatic imine (C=N–C) groups is 1. The van der Waals surface area contributed by atoms with Gasteiger partial charge in [0.05, 0.1) is 5.69 Å². The van der Waals surface area contributed by atoms with Gasteiger partial charge in [0.1, 0.15) is 5.84 Å². The summed E-state index contributed by atoms with van der Waals surface area (Å²) in [6.45, 7) is 2.17. The number of nitrogens with one attached hydrogen (secondary N) is 1. The van der Waals surface area contributed by atoms with Crippen LogP contribution < -0.4 is 5.32 Å². The number of rotatable bonds is 2. The maximum atomic E-state index is 4.66. The molecule has 1 heterocycles. The molecule has 1 aliphatic heterocycles. The van der Waals surface area contributed by atoms with Crippen molar-refractivity contribution in [3.8, 4) is 0 Å². The van der Waals surface area contributed by atoms with E-state index in [0.717, 1.165) is 24.4 Å². The minimum Gasteiger partial charge on any atom is -0.343 e. The van der Waals surface area contributed by atoms with Gasteiger partial charge >= 0.3 is 0 Å². The van der Waals surface area contributed by atoms with Crippen LogP contribution in [0.25, 0.3) is 10.8 Å². The van der Waals surface area contributed by atoms with E-state index in [1.54, 1.807) is 0 Å². The summed E-state index contributed by atoms with van der Waals surface area (Å²) in [5.41, 5.74) is 2.28. The molecule has 0 aliphatic carbocycles. The minimum absolute atomic E-state index is 1.00. The van der Waals surface area contributed by atoms with Crippen LogP contribution >= 0.6 is 0 Å². The zero-order valence-corrected chi connectivity index (χ0v) is 9.33. The Morgan fingerprint density at radius 1 is 1.12 bits per heavy atom. The summed E-state index contributed by atoms with van der Waals surface area (Å²) < 4.78 is 0. The van der Waals surface area contributed by atoms with Crippen LogP contribution in [0.4, 0.5) is 11.4 Å². The Hall–Kier alpha value is -1.83. The molecule has 0 fully saturated rings. The van der Waals surface area contributed by atoms with Gasteiger partial charge in [-0.05, 0) is 23.9 Å². The lowest BCUT2D eigenvalue weighted by Crippen LogP contribution is -2.14. The fraction of sp³-hybridized carbons (Fsp3) is 0.214. The quantitative estimate of drug-likeness (QED) is 0.793. The molecule has 0 atom stereocenters. The maximum Gasteiger partial charge on any atom is 0.107 e. The van der Waals surface area contributed by atoms with E-state index in [9.17, 15) is 0 Å². The summed E-state index contributed by atoms with van der Waals surface area (Å²) in [6.07, 6.45) is 2.12. The molecule has 1 N–H and O–H groups in total. The van der Waals surface area contributed by atoms with E-state index < -0.39 is 0 Å². The molecule has 0 radical (unpaired) electrons. The molecular weight excluding hydrogens is 196 g/mol. The first-order valence-corrected chi connectivity index (χ1v) is 5.75. The van der Waals surface area contributed by atoms with Gasteiger partial charge in [-0.1, -0.05) is 31.2 Å². The van der Waals surface area contributed by atoms with E-state index in [2.05, 4.69) is 53.6 Å². The van der Waals surface area contributed by atoms with E-state index in [1.165, 1.54) is 16.5 Å². The number of anilines is 1. The van der Waals surface area contributed by atoms with Crippen molar-refractivity contribution in [1.82, 2.24) is 0 Å². The van der Waals surface area contributed by atoms with Gasteiger partial charge in [0.15, 0.2) is 0 Å². The molecule has 2 heteroatoms. The molecule has 2 aromatic carbocycles. The highest BCUT2D eigenvalue weighted by Gasteiger charge is 2.12. The molecule has 0 spiro atoms. The van der Waals surface area contributed by atoms with Gasteiger partial charge in [-0.2, -0.15) is 0 Å². The van der Waals surface area contributed by atoms with Crippen LogP contribution in [0, 0.1) is 0 Å². The molecule has 2 nitrogen and oxygen atoms in total. The Morgan fingerprint density at radius 3 is 2.75 bits per heavy atom. The van der Waals surface area contributed by atoms with Gasteiger partial charge in [0.25, 0.3) is 0 Å². The van der Waals surface area contributed by atoms with Crippen LogP contribution in [-0.4, -0.2) is 5.84 Å². The minimum atomic E-state index is 1.00. The number of amidine groups is 1. The smallest absolute Gasteiger partial charge is 0.107 e. The Kier molecular flexibility index (Phi) is 2.13. The van der Waals surface area contributed by atoms with Crippen molar-refractivity contribution in [2.75, 3.05) is 5.32 Å². The Bertz CT molecular complexity index is 565. The van der Waals surface area contributed by atoms with Crippen LogP contribution in [0.15, 0.2) is 41.4 Å². The maximum absolute atomic E-state index is 4.66. The Balaban J connectivity index is 2.23. The third-order valence-electron chi connectivity index (χ3n) is 2.90. The fourth-order valence-electron chi connectivity index (χ4n) is 2.20. The number of benzene rings is 2. The number of nitrogens with zero attached hydrogens (tertiary/aromatic N) is 1. The monoisotopic (exact) mass is 210 g/mol. The zero-order chi connectivity index (χ0) is 11.0. The van der Waals surface area contributed by atoms with Crippen molar-refractivity contribution in [3.63, 3.8) is 0 Å². The van der Waals surface area contributed by atoms with Crippen molar-refractivity contribution in [3.05, 3.63) is 36.4 Å². The SMILES string of the molecule is CCCC1=Nc2cccc3cccc(c23)N1. The molecule has 3 rings (SSSR count). The average molecular weight is 210 g/mol. The summed E-state index contributed by atoms with van der Waals surface area (Å²) in [5.74, 6) is 1.08. The van der Waals surface area contributed by atoms with Crippen LogP contribution in [0.2, 0.25) is 0 Å². The number of hydrogen-bond acceptors (Lipinski definition) is 2. The Morgan fingerprint density at radius 2 is 1.94 bits per heavy atom. The second-order valence-electron chi connectivity index (χ2n) is 4.11. The van der Waals surface area contributed by atoms with E-state index in [0.29, 0.717) is 0 Å². The van der Waals surface area contributed by atoms with Crippen LogP contribution in [-0.2, 0) is 0 Å². The summed E-state index contributed by atoms with van der Waals surface area (Å²) >= 11 is 0. The van der Waals surface area contributed by atoms with E-state index in [4.69, 9.17) is 0 Å². The molecular formula is C14H14N2. The van der Waals surface area contributed by atoms with Gasteiger partial charge in [-0.3, -0.25) is 0 Å². The molecule has 16 heavy (non-hydrogen) atoms. The second-order valence-corrected chi connectivity index (χ2v) is 4.11. The molecule has 0 saturated carbocycles. The van der Waals surface area contributed by atoms with Gasteiger partial charge in [0.2, 0.25) is 0 Å². The normalized spacial score (nSPS) is 13.4. The summed E-state index contributed by atoms with van der Waals surface area (Å²) in [5, 5.41) is 5.90. The van der Waals surface area contributed by atoms with Crippen LogP contribution in [0.5, 0.6) is 0 Å². The zero-order valence-electron chi connectivity index (χ0n) is 9.33. The van der Waals surface area contributed by atoms with Crippen LogP contribution in [0.3, 0.4) is 0 Å². The molecule has 1 aliphatic rings. The van der Waals surface area contributed by atoms with Crippen LogP contribution in [0.1, 0.15) is 19.8 Å². The van der Waals surface area contributed by atoms with E-state index in [1.807, 2.05) is 0 Å². The largest absolute Gasteiger partial charge is 0.343 e. The van der Waals surface area contributed by atoms with E-state index in [-0.39, 0.29) is 0 Å². The lowest BCUT2D eigenvalue weighted by atomic mass is 10.1. The van der Waals surface area contributed by atoms with Gasteiger partial charge in [-0.25, -0.2) is 4.99 Å². The molecule has 0 aromatic heterocycles. The topological polar surface area (TPSA) is 24.4 Å². The highest BCUT2D eigenvalue weighted by molar-refractivity contribution is 6.13. The van der Waals surface area contributed by atoms with E-state index >= 15 is 0 Å². The summed E-state index contributed by atoms with van der Waals surface area (Å²) in [6, 6.07) is 12.6. The third kappa shape index (κ3) is 1.38. The van der Waals surface area contributed by atoms with Crippen molar-refractivity contribution >= 4 is 28.0 Å². The Labute approximate surface area is 95.0 Å². The highest BCUT2D eigenvalue weighted by atomic mass is 15.0. The second kappa shape index (κ2) is 3.63. The fourth-order valence-corrected chi connectivity index (χ4v) is 2.20. The third-order valence-corrected chi connectivity index (χ3v) is 2.90. The highest BCUT2D eigenvalue weighted by Crippen LogP contribution is 2.35. The van der Waals surface area contributed by atoms with Gasteiger partial charge in [0, 0.05) is 17.5 Å². The molecule has 0 amide bonds. The number of hydrogen-bond donors (Lipinski definition) is 1. The molecule has 2 aromatic rings. The molecule has 0 unspecified atom stereocenters. The first kappa shape index (κ1) is 9.40. The summed E-state index contributed by atoms with van der Waals surface area (Å²) in [4.78, 5) is 4.66. The standard InChI is InChI=1S/C14H14N2/c1-2-5-13-15-11-8-3-6-10-7-4-9-12(16-13)14(10)11/h3-4,6-9H,2,5H2,1H3,(H,15,16). The lowest BCUT2D eigenvalue weighted by molar-refractivity contribution is 0.989. The average Bonchev–Trinajstić information content (AvgIpc) is 2.30. The van der Waals surface area contributed by atoms with Gasteiger partial charge in [-0.15, -0.1) is 0 Å². The summed E-state index contributed by atoms with van der Waals surface area (Å²) in [7, 11) is 0. The van der Waals surface area contributed by atoms with Crippen molar-refractivity contribution in [2.45, 2.75) is 19.8 Å². The van der Waals surface area contributed by atoms with Crippen molar-refractivity contribution in [2.24, 2.45) is 4.99 Å². The molecule has 80 valence electrons. The lowest BCUT2D eigenvalue weighted by Gasteiger charge is -2.18. The molecule has 0 saturated heterocycles. The molecule has 0 bridgehead atoms. The van der Waals surface area contributed by atoms with Gasteiger partial charge < -0.3 is 5.32 Å². The van der Waals surface area contributed by atoms with Crippen molar-refractivity contribution < 1.29 is 0 Å². The first-order chi connectivity index (χ1) is 7.88. The first-order valence-electron chi connectivity index (χ1n) is 5.75.